The van der Waals surface area contributed by atoms with Crippen LogP contribution in [0.3, 0.4) is 0 Å². The van der Waals surface area contributed by atoms with Crippen LogP contribution in [0, 0.1) is 11.8 Å². The van der Waals surface area contributed by atoms with Crippen LogP contribution in [0.25, 0.3) is 0 Å². The van der Waals surface area contributed by atoms with Gasteiger partial charge in [0.2, 0.25) is 0 Å². The Morgan fingerprint density at radius 3 is 2.50 bits per heavy atom. The molecule has 1 heterocycles. The number of aliphatic hydroxyl groups excluding tert-OH is 1. The maximum absolute atomic E-state index is 9.79. The van der Waals surface area contributed by atoms with Gasteiger partial charge in [-0.3, -0.25) is 5.10 Å². The Labute approximate surface area is 72.8 Å². The summed E-state index contributed by atoms with van der Waals surface area (Å²) in [5.41, 5.74) is 0.871. The Kier molecular flexibility index (Phi) is 2.87. The molecule has 68 valence electrons. The third kappa shape index (κ3) is 1.85. The normalized spacial score (nSPS) is 16.4. The molecule has 0 saturated carbocycles. The van der Waals surface area contributed by atoms with Crippen LogP contribution in [0.15, 0.2) is 12.4 Å². The van der Waals surface area contributed by atoms with E-state index in [-0.39, 0.29) is 5.92 Å². The highest BCUT2D eigenvalue weighted by Gasteiger charge is 2.19. The Morgan fingerprint density at radius 1 is 1.42 bits per heavy atom. The maximum Gasteiger partial charge on any atom is 0.0848 e. The van der Waals surface area contributed by atoms with Crippen LogP contribution >= 0.6 is 0 Å². The molecule has 2 atom stereocenters. The maximum atomic E-state index is 9.79. The first kappa shape index (κ1) is 9.26. The van der Waals surface area contributed by atoms with Crippen molar-refractivity contribution in [2.75, 3.05) is 0 Å². The second-order valence-corrected chi connectivity index (χ2v) is 3.58. The fourth-order valence-electron chi connectivity index (χ4n) is 1.09. The molecule has 0 aliphatic heterocycles. The monoisotopic (exact) mass is 168 g/mol. The van der Waals surface area contributed by atoms with Crippen molar-refractivity contribution < 1.29 is 5.11 Å². The highest BCUT2D eigenvalue weighted by Crippen LogP contribution is 2.26. The SMILES string of the molecule is CC(C)C(C)C(O)c1cn[nH]c1. The van der Waals surface area contributed by atoms with Gasteiger partial charge in [0.15, 0.2) is 0 Å². The van der Waals surface area contributed by atoms with Gasteiger partial charge >= 0.3 is 0 Å². The summed E-state index contributed by atoms with van der Waals surface area (Å²) in [6, 6.07) is 0. The zero-order valence-electron chi connectivity index (χ0n) is 7.78. The van der Waals surface area contributed by atoms with E-state index in [2.05, 4.69) is 24.0 Å². The summed E-state index contributed by atoms with van der Waals surface area (Å²) in [5, 5.41) is 16.3. The molecule has 0 aromatic carbocycles. The van der Waals surface area contributed by atoms with Crippen LogP contribution in [-0.2, 0) is 0 Å². The molecule has 2 unspecified atom stereocenters. The van der Waals surface area contributed by atoms with Crippen molar-refractivity contribution in [3.8, 4) is 0 Å². The van der Waals surface area contributed by atoms with Gasteiger partial charge in [0.1, 0.15) is 0 Å². The zero-order valence-corrected chi connectivity index (χ0v) is 7.78. The molecule has 3 heteroatoms. The fourth-order valence-corrected chi connectivity index (χ4v) is 1.09. The number of hydrogen-bond acceptors (Lipinski definition) is 2. The number of nitrogens with one attached hydrogen (secondary N) is 1. The third-order valence-corrected chi connectivity index (χ3v) is 2.41. The van der Waals surface area contributed by atoms with Gasteiger partial charge in [-0.25, -0.2) is 0 Å². The van der Waals surface area contributed by atoms with Crippen molar-refractivity contribution in [1.82, 2.24) is 10.2 Å². The quantitative estimate of drug-likeness (QED) is 0.722. The molecule has 0 radical (unpaired) electrons. The molecule has 12 heavy (non-hydrogen) atoms. The summed E-state index contributed by atoms with van der Waals surface area (Å²) in [6.45, 7) is 6.25. The zero-order chi connectivity index (χ0) is 9.14. The average Bonchev–Trinajstić information content (AvgIpc) is 2.53. The van der Waals surface area contributed by atoms with Gasteiger partial charge < -0.3 is 5.11 Å². The Bertz CT molecular complexity index is 218. The van der Waals surface area contributed by atoms with Gasteiger partial charge in [-0.05, 0) is 11.8 Å². The number of aromatic amines is 1. The lowest BCUT2D eigenvalue weighted by Crippen LogP contribution is -2.14. The highest BCUT2D eigenvalue weighted by molar-refractivity contribution is 5.07. The largest absolute Gasteiger partial charge is 0.388 e. The van der Waals surface area contributed by atoms with Gasteiger partial charge in [-0.1, -0.05) is 20.8 Å². The van der Waals surface area contributed by atoms with Crippen LogP contribution in [0.4, 0.5) is 0 Å². The van der Waals surface area contributed by atoms with E-state index >= 15 is 0 Å². The fraction of sp³-hybridized carbons (Fsp3) is 0.667. The van der Waals surface area contributed by atoms with Gasteiger partial charge in [0.05, 0.1) is 12.3 Å². The third-order valence-electron chi connectivity index (χ3n) is 2.41. The predicted molar refractivity (Wildman–Crippen MR) is 47.5 cm³/mol. The van der Waals surface area contributed by atoms with Gasteiger partial charge in [0, 0.05) is 11.8 Å². The molecule has 0 amide bonds. The predicted octanol–water partition coefficient (Wildman–Crippen LogP) is 1.74. The van der Waals surface area contributed by atoms with Crippen molar-refractivity contribution in [2.24, 2.45) is 11.8 Å². The van der Waals surface area contributed by atoms with E-state index in [1.807, 2.05) is 6.92 Å². The summed E-state index contributed by atoms with van der Waals surface area (Å²) < 4.78 is 0. The molecule has 0 bridgehead atoms. The van der Waals surface area contributed by atoms with Crippen molar-refractivity contribution in [3.63, 3.8) is 0 Å². The van der Waals surface area contributed by atoms with E-state index < -0.39 is 6.10 Å². The number of rotatable bonds is 3. The molecular formula is C9H16N2O. The molecular weight excluding hydrogens is 152 g/mol. The first-order chi connectivity index (χ1) is 5.63. The molecule has 1 rings (SSSR count). The summed E-state index contributed by atoms with van der Waals surface area (Å²) in [4.78, 5) is 0. The average molecular weight is 168 g/mol. The Morgan fingerprint density at radius 2 is 2.08 bits per heavy atom. The lowest BCUT2D eigenvalue weighted by atomic mass is 9.89. The summed E-state index contributed by atoms with van der Waals surface area (Å²) in [7, 11) is 0. The summed E-state index contributed by atoms with van der Waals surface area (Å²) in [5.74, 6) is 0.748. The van der Waals surface area contributed by atoms with E-state index in [9.17, 15) is 5.11 Å². The number of aliphatic hydroxyl groups is 1. The topological polar surface area (TPSA) is 48.9 Å². The lowest BCUT2D eigenvalue weighted by Gasteiger charge is -2.20. The first-order valence-electron chi connectivity index (χ1n) is 4.29. The molecule has 0 fully saturated rings. The molecule has 0 spiro atoms. The minimum atomic E-state index is -0.399. The van der Waals surface area contributed by atoms with E-state index in [0.29, 0.717) is 5.92 Å². The van der Waals surface area contributed by atoms with E-state index in [1.54, 1.807) is 12.4 Å². The van der Waals surface area contributed by atoms with Gasteiger partial charge in [0.25, 0.3) is 0 Å². The van der Waals surface area contributed by atoms with Crippen LogP contribution < -0.4 is 0 Å². The molecule has 1 aromatic heterocycles. The van der Waals surface area contributed by atoms with E-state index in [1.165, 1.54) is 0 Å². The molecule has 3 nitrogen and oxygen atoms in total. The molecule has 2 N–H and O–H groups in total. The highest BCUT2D eigenvalue weighted by atomic mass is 16.3. The standard InChI is InChI=1S/C9H16N2O/c1-6(2)7(3)9(12)8-4-10-11-5-8/h4-7,9,12H,1-3H3,(H,10,11). The van der Waals surface area contributed by atoms with Crippen molar-refractivity contribution in [2.45, 2.75) is 26.9 Å². The lowest BCUT2D eigenvalue weighted by molar-refractivity contribution is 0.0921. The van der Waals surface area contributed by atoms with Crippen LogP contribution in [0.1, 0.15) is 32.4 Å². The van der Waals surface area contributed by atoms with Crippen molar-refractivity contribution in [1.29, 1.82) is 0 Å². The summed E-state index contributed by atoms with van der Waals surface area (Å²) in [6.07, 6.45) is 3.01. The summed E-state index contributed by atoms with van der Waals surface area (Å²) >= 11 is 0. The second kappa shape index (κ2) is 3.72. The minimum absolute atomic E-state index is 0.266. The molecule has 0 aliphatic rings. The smallest absolute Gasteiger partial charge is 0.0848 e. The van der Waals surface area contributed by atoms with Crippen molar-refractivity contribution in [3.05, 3.63) is 18.0 Å². The van der Waals surface area contributed by atoms with E-state index in [0.717, 1.165) is 5.56 Å². The van der Waals surface area contributed by atoms with Crippen LogP contribution in [0.5, 0.6) is 0 Å². The number of aromatic nitrogens is 2. The number of H-pyrrole nitrogens is 1. The number of hydrogen-bond donors (Lipinski definition) is 2. The first-order valence-corrected chi connectivity index (χ1v) is 4.29. The van der Waals surface area contributed by atoms with Crippen LogP contribution in [0.2, 0.25) is 0 Å². The molecule has 1 aromatic rings. The Hall–Kier alpha value is -0.830. The number of nitrogens with zero attached hydrogens (tertiary/aromatic N) is 1. The van der Waals surface area contributed by atoms with Gasteiger partial charge in [-0.2, -0.15) is 5.10 Å². The van der Waals surface area contributed by atoms with Crippen molar-refractivity contribution >= 4 is 0 Å². The minimum Gasteiger partial charge on any atom is -0.388 e. The van der Waals surface area contributed by atoms with Gasteiger partial charge in [-0.15, -0.1) is 0 Å². The Balaban J connectivity index is 2.65. The molecule has 0 aliphatic carbocycles. The molecule has 0 saturated heterocycles. The van der Waals surface area contributed by atoms with E-state index in [4.69, 9.17) is 0 Å². The second-order valence-electron chi connectivity index (χ2n) is 3.58. The van der Waals surface area contributed by atoms with Crippen LogP contribution in [-0.4, -0.2) is 15.3 Å².